The molecule has 0 saturated carbocycles. The van der Waals surface area contributed by atoms with Gasteiger partial charge in [-0.2, -0.15) is 0 Å². The zero-order valence-electron chi connectivity index (χ0n) is 17.5. The highest BCUT2D eigenvalue weighted by Gasteiger charge is 2.13. The maximum Gasteiger partial charge on any atom is 0.339 e. The lowest BCUT2D eigenvalue weighted by molar-refractivity contribution is 0.0691. The standard InChI is InChI=1S/C25H26FNO4.ClH/c26-13-15-31-24-16-21(10-11-22(24)25(29)30)19-8-6-18(7-9-19)12-14-27-17-23(28)20-4-2-1-3-5-20;/h1-11,16,23,27-28H,12-15,17H2,(H,29,30);1H/t23-;/m0./s1. The first-order chi connectivity index (χ1) is 15.1. The van der Waals surface area contributed by atoms with Crippen LogP contribution in [0, 0.1) is 0 Å². The van der Waals surface area contributed by atoms with E-state index in [0.717, 1.165) is 35.2 Å². The van der Waals surface area contributed by atoms with Crippen LogP contribution in [0.2, 0.25) is 0 Å². The Morgan fingerprint density at radius 1 is 1.00 bits per heavy atom. The van der Waals surface area contributed by atoms with Gasteiger partial charge in [0.15, 0.2) is 0 Å². The normalized spacial score (nSPS) is 11.4. The molecule has 0 radical (unpaired) electrons. The van der Waals surface area contributed by atoms with Crippen LogP contribution >= 0.6 is 12.4 Å². The first kappa shape index (κ1) is 25.3. The summed E-state index contributed by atoms with van der Waals surface area (Å²) in [5.74, 6) is -0.950. The summed E-state index contributed by atoms with van der Waals surface area (Å²) in [6, 6.07) is 22.3. The largest absolute Gasteiger partial charge is 0.490 e. The smallest absolute Gasteiger partial charge is 0.339 e. The van der Waals surface area contributed by atoms with Gasteiger partial charge in [-0.25, -0.2) is 9.18 Å². The first-order valence-electron chi connectivity index (χ1n) is 10.2. The number of rotatable bonds is 11. The number of aromatic carboxylic acids is 1. The van der Waals surface area contributed by atoms with E-state index in [1.54, 1.807) is 12.1 Å². The Labute approximate surface area is 193 Å². The van der Waals surface area contributed by atoms with Gasteiger partial charge in [0.2, 0.25) is 0 Å². The molecule has 0 heterocycles. The fourth-order valence-electron chi connectivity index (χ4n) is 3.27. The number of hydrogen-bond donors (Lipinski definition) is 3. The van der Waals surface area contributed by atoms with Crippen LogP contribution in [0.15, 0.2) is 72.8 Å². The van der Waals surface area contributed by atoms with Crippen LogP contribution < -0.4 is 10.1 Å². The fourth-order valence-corrected chi connectivity index (χ4v) is 3.27. The van der Waals surface area contributed by atoms with E-state index in [1.807, 2.05) is 54.6 Å². The molecule has 5 nitrogen and oxygen atoms in total. The van der Waals surface area contributed by atoms with Gasteiger partial charge in [-0.3, -0.25) is 0 Å². The monoisotopic (exact) mass is 459 g/mol. The Morgan fingerprint density at radius 2 is 1.69 bits per heavy atom. The van der Waals surface area contributed by atoms with Gasteiger partial charge < -0.3 is 20.3 Å². The van der Waals surface area contributed by atoms with Crippen LogP contribution in [-0.2, 0) is 6.42 Å². The predicted molar refractivity (Wildman–Crippen MR) is 126 cm³/mol. The van der Waals surface area contributed by atoms with Crippen molar-refractivity contribution in [1.29, 1.82) is 0 Å². The van der Waals surface area contributed by atoms with Gasteiger partial charge in [-0.1, -0.05) is 60.7 Å². The minimum absolute atomic E-state index is 0. The number of benzene rings is 3. The number of nitrogens with one attached hydrogen (secondary N) is 1. The highest BCUT2D eigenvalue weighted by Crippen LogP contribution is 2.28. The Hall–Kier alpha value is -2.93. The molecule has 7 heteroatoms. The van der Waals surface area contributed by atoms with Crippen molar-refractivity contribution in [3.05, 3.63) is 89.5 Å². The fraction of sp³-hybridized carbons (Fsp3) is 0.240. The highest BCUT2D eigenvalue weighted by molar-refractivity contribution is 5.92. The van der Waals surface area contributed by atoms with Gasteiger partial charge in [-0.05, 0) is 47.4 Å². The summed E-state index contributed by atoms with van der Waals surface area (Å²) in [5, 5.41) is 22.7. The van der Waals surface area contributed by atoms with Gasteiger partial charge in [0.05, 0.1) is 6.10 Å². The van der Waals surface area contributed by atoms with E-state index >= 15 is 0 Å². The number of halogens is 2. The summed E-state index contributed by atoms with van der Waals surface area (Å²) in [7, 11) is 0. The molecule has 3 aromatic carbocycles. The molecule has 32 heavy (non-hydrogen) atoms. The van der Waals surface area contributed by atoms with Crippen molar-refractivity contribution < 1.29 is 24.1 Å². The zero-order chi connectivity index (χ0) is 22.1. The summed E-state index contributed by atoms with van der Waals surface area (Å²) in [4.78, 5) is 11.3. The van der Waals surface area contributed by atoms with Gasteiger partial charge in [0.25, 0.3) is 0 Å². The van der Waals surface area contributed by atoms with Gasteiger partial charge in [0, 0.05) is 6.54 Å². The Morgan fingerprint density at radius 3 is 2.34 bits per heavy atom. The minimum Gasteiger partial charge on any atom is -0.490 e. The molecule has 1 atom stereocenters. The lowest BCUT2D eigenvalue weighted by Gasteiger charge is -2.12. The Bertz CT molecular complexity index is 983. The number of carboxylic acids is 1. The quantitative estimate of drug-likeness (QED) is 0.363. The summed E-state index contributed by atoms with van der Waals surface area (Å²) >= 11 is 0. The van der Waals surface area contributed by atoms with Crippen molar-refractivity contribution in [3.8, 4) is 16.9 Å². The minimum atomic E-state index is -1.11. The molecule has 0 aliphatic carbocycles. The van der Waals surface area contributed by atoms with Crippen LogP contribution in [0.4, 0.5) is 4.39 Å². The topological polar surface area (TPSA) is 78.8 Å². The molecule has 0 aromatic heterocycles. The Kier molecular flexibility index (Phi) is 10.1. The molecule has 3 N–H and O–H groups in total. The molecule has 0 bridgehead atoms. The number of aliphatic hydroxyl groups excluding tert-OH is 1. The second-order valence-electron chi connectivity index (χ2n) is 7.13. The van der Waals surface area contributed by atoms with Crippen LogP contribution in [0.5, 0.6) is 5.75 Å². The third kappa shape index (κ3) is 7.05. The number of aliphatic hydroxyl groups is 1. The molecule has 0 saturated heterocycles. The number of ether oxygens (including phenoxy) is 1. The van der Waals surface area contributed by atoms with Crippen LogP contribution in [0.1, 0.15) is 27.6 Å². The molecule has 0 fully saturated rings. The van der Waals surface area contributed by atoms with Crippen LogP contribution in [0.3, 0.4) is 0 Å². The molecule has 0 unspecified atom stereocenters. The van der Waals surface area contributed by atoms with Crippen molar-refractivity contribution in [3.63, 3.8) is 0 Å². The van der Waals surface area contributed by atoms with E-state index in [0.29, 0.717) is 6.54 Å². The number of hydrogen-bond acceptors (Lipinski definition) is 4. The van der Waals surface area contributed by atoms with Gasteiger partial charge in [-0.15, -0.1) is 12.4 Å². The van der Waals surface area contributed by atoms with Crippen molar-refractivity contribution in [1.82, 2.24) is 5.32 Å². The highest BCUT2D eigenvalue weighted by atomic mass is 35.5. The third-order valence-corrected chi connectivity index (χ3v) is 4.95. The summed E-state index contributed by atoms with van der Waals surface area (Å²) in [5.41, 5.74) is 3.76. The average Bonchev–Trinajstić information content (AvgIpc) is 2.81. The maximum absolute atomic E-state index is 12.4. The molecule has 170 valence electrons. The predicted octanol–water partition coefficient (Wildman–Crippen LogP) is 4.69. The molecule has 3 aromatic rings. The number of carbonyl (C=O) groups is 1. The van der Waals surface area contributed by atoms with E-state index in [-0.39, 0.29) is 30.3 Å². The van der Waals surface area contributed by atoms with Crippen LogP contribution in [-0.4, -0.2) is 42.6 Å². The van der Waals surface area contributed by atoms with E-state index < -0.39 is 18.7 Å². The van der Waals surface area contributed by atoms with Crippen molar-refractivity contribution in [2.45, 2.75) is 12.5 Å². The average molecular weight is 460 g/mol. The van der Waals surface area contributed by atoms with Crippen molar-refractivity contribution in [2.75, 3.05) is 26.4 Å². The second kappa shape index (κ2) is 12.8. The van der Waals surface area contributed by atoms with E-state index in [2.05, 4.69) is 5.32 Å². The molecule has 0 spiro atoms. The molecule has 3 rings (SSSR count). The van der Waals surface area contributed by atoms with E-state index in [9.17, 15) is 19.4 Å². The second-order valence-corrected chi connectivity index (χ2v) is 7.13. The molecule has 0 amide bonds. The lowest BCUT2D eigenvalue weighted by Crippen LogP contribution is -2.23. The van der Waals surface area contributed by atoms with Crippen molar-refractivity contribution >= 4 is 18.4 Å². The molecule has 0 aliphatic heterocycles. The summed E-state index contributed by atoms with van der Waals surface area (Å²) in [6.07, 6.45) is 0.274. The summed E-state index contributed by atoms with van der Waals surface area (Å²) < 4.78 is 17.7. The van der Waals surface area contributed by atoms with Gasteiger partial charge >= 0.3 is 5.97 Å². The summed E-state index contributed by atoms with van der Waals surface area (Å²) in [6.45, 7) is 0.348. The lowest BCUT2D eigenvalue weighted by atomic mass is 10.0. The SMILES string of the molecule is Cl.O=C(O)c1ccc(-c2ccc(CCNC[C@H](O)c3ccccc3)cc2)cc1OCCF. The van der Waals surface area contributed by atoms with Crippen LogP contribution in [0.25, 0.3) is 11.1 Å². The first-order valence-corrected chi connectivity index (χ1v) is 10.2. The van der Waals surface area contributed by atoms with Gasteiger partial charge in [0.1, 0.15) is 24.6 Å². The zero-order valence-corrected chi connectivity index (χ0v) is 18.4. The Balaban J connectivity index is 0.00000363. The number of carboxylic acid groups (broad SMARTS) is 1. The number of alkyl halides is 1. The molecular formula is C25H27ClFNO4. The molecule has 0 aliphatic rings. The van der Waals surface area contributed by atoms with E-state index in [1.165, 1.54) is 6.07 Å². The maximum atomic E-state index is 12.4. The van der Waals surface area contributed by atoms with E-state index in [4.69, 9.17) is 4.74 Å². The van der Waals surface area contributed by atoms with Crippen molar-refractivity contribution in [2.24, 2.45) is 0 Å². The molecular weight excluding hydrogens is 433 g/mol. The third-order valence-electron chi connectivity index (χ3n) is 4.95.